The van der Waals surface area contributed by atoms with E-state index in [1.165, 1.54) is 82.0 Å². The predicted molar refractivity (Wildman–Crippen MR) is 276 cm³/mol. The molecule has 7 aromatic rings. The van der Waals surface area contributed by atoms with E-state index in [2.05, 4.69) is 65.3 Å². The van der Waals surface area contributed by atoms with Gasteiger partial charge in [-0.1, -0.05) is 64.6 Å². The average Bonchev–Trinajstić information content (AvgIpc) is 4.15. The molecular formula is C51H48F3N7O4RuS4. The number of hydrogen-bond donors (Lipinski definition) is 1. The van der Waals surface area contributed by atoms with Gasteiger partial charge in [0.15, 0.2) is 0 Å². The normalized spacial score (nSPS) is 10.9. The summed E-state index contributed by atoms with van der Waals surface area (Å²) in [4.78, 5) is 45.8. The smallest absolute Gasteiger partial charge is 0.753 e. The first-order valence-electron chi connectivity index (χ1n) is 21.9. The van der Waals surface area contributed by atoms with Crippen LogP contribution < -0.4 is 9.47 Å². The Morgan fingerprint density at radius 2 is 1.30 bits per heavy atom. The fourth-order valence-corrected chi connectivity index (χ4v) is 9.93. The number of carbonyl (C=O) groups is 2. The number of nitrogens with one attached hydrogen (secondary N) is 2. The van der Waals surface area contributed by atoms with Crippen LogP contribution in [0.25, 0.3) is 70.9 Å². The van der Waals surface area contributed by atoms with E-state index in [1.807, 2.05) is 34.9 Å². The summed E-state index contributed by atoms with van der Waals surface area (Å²) in [5, 5.41) is 17.5. The van der Waals surface area contributed by atoms with Crippen molar-refractivity contribution in [1.29, 1.82) is 5.41 Å². The largest absolute Gasteiger partial charge is 2.00 e. The Hall–Kier alpha value is -5.94. The average molecular weight is 1110 g/mol. The Labute approximate surface area is 435 Å². The fourth-order valence-electron chi connectivity index (χ4n) is 6.84. The summed E-state index contributed by atoms with van der Waals surface area (Å²) in [5.74, 6) is 0.625. The molecule has 11 nitrogen and oxygen atoms in total. The zero-order chi connectivity index (χ0) is 49.6. The number of aromatic nitrogens is 4. The number of thiocarbonyl (C=S) groups is 1. The number of aryl methyl sites for hydroxylation is 2. The molecule has 2 N–H and O–H groups in total. The Kier molecular flexibility index (Phi) is 23.7. The van der Waals surface area contributed by atoms with Crippen LogP contribution in [-0.2, 0) is 41.9 Å². The SMILES string of the molecule is CCCCCCc1ccc(-c2ccc(-c3ccnc(-c4cc(OC=O)cc(-c5cc(OC=O)ccn5)n4)c3)s2)s1.CCCCCCc1sccc1-c1ccnc(/C([NH-])=C/C(=N)C(F)(F)F)c1.[N-]=C=S.[Ru+2]. The number of allylic oxidation sites excluding steroid dienone is 1. The summed E-state index contributed by atoms with van der Waals surface area (Å²) in [6.07, 6.45) is 12.3. The maximum absolute atomic E-state index is 12.5. The topological polar surface area (TPSA) is 174 Å². The maximum Gasteiger partial charge on any atom is 2.00 e. The van der Waals surface area contributed by atoms with E-state index in [-0.39, 0.29) is 25.2 Å². The van der Waals surface area contributed by atoms with E-state index >= 15 is 0 Å². The van der Waals surface area contributed by atoms with Gasteiger partial charge in [-0.15, -0.1) is 39.7 Å². The summed E-state index contributed by atoms with van der Waals surface area (Å²) in [6, 6.07) is 24.5. The van der Waals surface area contributed by atoms with Crippen molar-refractivity contribution >= 4 is 75.7 Å². The Morgan fingerprint density at radius 1 is 0.729 bits per heavy atom. The van der Waals surface area contributed by atoms with Crippen molar-refractivity contribution in [1.82, 2.24) is 19.9 Å². The third kappa shape index (κ3) is 17.2. The van der Waals surface area contributed by atoms with Gasteiger partial charge < -0.3 is 20.6 Å². The molecular weight excluding hydrogens is 1060 g/mol. The van der Waals surface area contributed by atoms with Gasteiger partial charge >= 0.3 is 25.7 Å². The quantitative estimate of drug-likeness (QED) is 0.0241. The minimum atomic E-state index is -4.76. The summed E-state index contributed by atoms with van der Waals surface area (Å²) in [6.45, 7) is 5.11. The first-order chi connectivity index (χ1) is 33.4. The first-order valence-corrected chi connectivity index (χ1v) is 24.8. The van der Waals surface area contributed by atoms with Crippen molar-refractivity contribution in [2.75, 3.05) is 0 Å². The van der Waals surface area contributed by atoms with Gasteiger partial charge in [0.05, 0.1) is 22.8 Å². The van der Waals surface area contributed by atoms with Crippen molar-refractivity contribution in [2.45, 2.75) is 84.2 Å². The number of ether oxygens (including phenoxy) is 2. The third-order valence-corrected chi connectivity index (χ3v) is 13.7. The van der Waals surface area contributed by atoms with Crippen LogP contribution in [0.2, 0.25) is 0 Å². The molecule has 7 aromatic heterocycles. The Bertz CT molecular complexity index is 2860. The summed E-state index contributed by atoms with van der Waals surface area (Å²) in [7, 11) is 0. The molecule has 0 aromatic carbocycles. The number of isothiocyanates is 1. The van der Waals surface area contributed by atoms with E-state index < -0.39 is 17.6 Å². The molecule has 0 unspecified atom stereocenters. The Balaban J connectivity index is 0.000000308. The van der Waals surface area contributed by atoms with Gasteiger partial charge in [0, 0.05) is 66.9 Å². The standard InChI is InChI=1S/C31H27N3O4S2.C19H21F3N3S.CNS.Ru/c1-2-3-4-5-6-24-7-8-30(39-24)31-10-9-29(40-31)21-11-13-32-25(15-21)27-17-23(38-20-36)18-28(34-27)26-16-22(37-19-35)12-14-33-26;1-2-3-4-5-6-17-14(8-10-26-17)13-7-9-25-16(11-13)15(23)12-18(24)19(20,21)22;2-1-3;/h7-20H,2-6H2,1H3;7-12,23-24H,2-6H2,1H3;;/q;2*-1;+2/b;15-12-,24-18?;;. The molecule has 0 saturated heterocycles. The molecule has 0 atom stereocenters. The van der Waals surface area contributed by atoms with Gasteiger partial charge in [0.25, 0.3) is 12.9 Å². The molecule has 0 fully saturated rings. The fraction of sp³-hybridized carbons (Fsp3) is 0.255. The van der Waals surface area contributed by atoms with Crippen LogP contribution in [0.5, 0.6) is 11.5 Å². The zero-order valence-electron chi connectivity index (χ0n) is 38.1. The van der Waals surface area contributed by atoms with Gasteiger partial charge in [-0.05, 0) is 114 Å². The van der Waals surface area contributed by atoms with Crippen molar-refractivity contribution in [3.05, 3.63) is 136 Å². The van der Waals surface area contributed by atoms with E-state index in [4.69, 9.17) is 31.0 Å². The van der Waals surface area contributed by atoms with Crippen LogP contribution in [0.3, 0.4) is 0 Å². The molecule has 0 spiro atoms. The minimum Gasteiger partial charge on any atom is -0.753 e. The molecule has 0 aliphatic carbocycles. The second-order valence-corrected chi connectivity index (χ2v) is 18.5. The molecule has 0 aliphatic rings. The Morgan fingerprint density at radius 3 is 1.97 bits per heavy atom. The van der Waals surface area contributed by atoms with Gasteiger partial charge in [-0.2, -0.15) is 18.3 Å². The van der Waals surface area contributed by atoms with Crippen LogP contribution in [-0.4, -0.2) is 49.9 Å². The second-order valence-electron chi connectivity index (χ2n) is 15.1. The number of hydrogen-bond acceptors (Lipinski definition) is 13. The molecule has 364 valence electrons. The second kappa shape index (κ2) is 29.3. The molecule has 19 heteroatoms. The van der Waals surface area contributed by atoms with Gasteiger partial charge in [0.1, 0.15) is 17.2 Å². The number of carbonyl (C=O) groups excluding carboxylic acids is 2. The molecule has 7 rings (SSSR count). The monoisotopic (exact) mass is 1110 g/mol. The molecule has 7 heterocycles. The summed E-state index contributed by atoms with van der Waals surface area (Å²) >= 11 is 8.98. The van der Waals surface area contributed by atoms with Gasteiger partial charge in [-0.3, -0.25) is 30.0 Å². The van der Waals surface area contributed by atoms with Crippen molar-refractivity contribution in [2.24, 2.45) is 0 Å². The van der Waals surface area contributed by atoms with Gasteiger partial charge in [0.2, 0.25) is 0 Å². The third-order valence-electron chi connectivity index (χ3n) is 10.2. The zero-order valence-corrected chi connectivity index (χ0v) is 43.1. The maximum atomic E-state index is 12.5. The molecule has 0 saturated carbocycles. The predicted octanol–water partition coefficient (Wildman–Crippen LogP) is 15.4. The first kappa shape index (κ1) is 56.6. The van der Waals surface area contributed by atoms with Gasteiger partial charge in [-0.25, -0.2) is 4.98 Å². The van der Waals surface area contributed by atoms with E-state index in [9.17, 15) is 22.8 Å². The molecule has 70 heavy (non-hydrogen) atoms. The molecule has 0 amide bonds. The summed E-state index contributed by atoms with van der Waals surface area (Å²) < 4.78 is 47.5. The molecule has 0 aliphatic heterocycles. The number of pyridine rings is 4. The van der Waals surface area contributed by atoms with E-state index in [0.29, 0.717) is 53.3 Å². The number of rotatable bonds is 21. The summed E-state index contributed by atoms with van der Waals surface area (Å²) in [5.41, 5.74) is 10.9. The van der Waals surface area contributed by atoms with Crippen LogP contribution in [0.4, 0.5) is 13.2 Å². The van der Waals surface area contributed by atoms with Crippen LogP contribution in [0.1, 0.15) is 80.7 Å². The number of nitrogens with zero attached hydrogens (tertiary/aromatic N) is 5. The number of unbranched alkanes of at least 4 members (excludes halogenated alkanes) is 6. The van der Waals surface area contributed by atoms with Crippen molar-refractivity contribution in [3.63, 3.8) is 0 Å². The molecule has 0 radical (unpaired) electrons. The van der Waals surface area contributed by atoms with E-state index in [1.54, 1.807) is 65.3 Å². The van der Waals surface area contributed by atoms with Crippen LogP contribution >= 0.6 is 46.2 Å². The van der Waals surface area contributed by atoms with Crippen molar-refractivity contribution in [3.8, 4) is 65.6 Å². The molecule has 0 bridgehead atoms. The van der Waals surface area contributed by atoms with Crippen LogP contribution in [0, 0.1) is 5.41 Å². The van der Waals surface area contributed by atoms with Crippen LogP contribution in [0.15, 0.2) is 109 Å². The minimum absolute atomic E-state index is 0. The number of thiophene rings is 3. The number of halogens is 3. The van der Waals surface area contributed by atoms with Crippen molar-refractivity contribution < 1.29 is 51.7 Å². The van der Waals surface area contributed by atoms with E-state index in [0.717, 1.165) is 40.8 Å². The number of alkyl halides is 3.